The van der Waals surface area contributed by atoms with Gasteiger partial charge in [0.05, 0.1) is 12.7 Å². The van der Waals surface area contributed by atoms with Gasteiger partial charge in [0.15, 0.2) is 6.61 Å². The number of Topliss-reactive ketones (excluding diaryl/α,β-unsaturated/α-hetero) is 1. The van der Waals surface area contributed by atoms with E-state index in [4.69, 9.17) is 15.2 Å². The number of amides is 1. The molecule has 6 heteroatoms. The molecule has 0 saturated carbocycles. The Morgan fingerprint density at radius 3 is 2.48 bits per heavy atom. The van der Waals surface area contributed by atoms with Crippen LogP contribution in [0.15, 0.2) is 24.3 Å². The third kappa shape index (κ3) is 4.02. The summed E-state index contributed by atoms with van der Waals surface area (Å²) in [4.78, 5) is 24.1. The van der Waals surface area contributed by atoms with E-state index >= 15 is 0 Å². The van der Waals surface area contributed by atoms with Crippen LogP contribution in [0.1, 0.15) is 45.4 Å². The van der Waals surface area contributed by atoms with Crippen LogP contribution >= 0.6 is 0 Å². The number of ketones is 1. The molecular weight excluding hydrogens is 320 g/mol. The van der Waals surface area contributed by atoms with Crippen molar-refractivity contribution >= 4 is 11.7 Å². The number of primary amides is 1. The summed E-state index contributed by atoms with van der Waals surface area (Å²) in [6.45, 7) is 6.69. The molecule has 2 N–H and O–H groups in total. The molecule has 2 aromatic rings. The van der Waals surface area contributed by atoms with Crippen molar-refractivity contribution in [2.75, 3.05) is 13.7 Å². The number of rotatable bonds is 8. The molecule has 0 radical (unpaired) electrons. The van der Waals surface area contributed by atoms with Gasteiger partial charge in [-0.25, -0.2) is 0 Å². The predicted molar refractivity (Wildman–Crippen MR) is 95.5 cm³/mol. The second-order valence-corrected chi connectivity index (χ2v) is 5.87. The summed E-state index contributed by atoms with van der Waals surface area (Å²) in [6.07, 6.45) is 0.992. The molecule has 1 amide bonds. The van der Waals surface area contributed by atoms with E-state index in [2.05, 4.69) is 11.5 Å². The Morgan fingerprint density at radius 1 is 1.16 bits per heavy atom. The maximum Gasteiger partial charge on any atom is 0.252 e. The Bertz CT molecular complexity index is 793. The fourth-order valence-electron chi connectivity index (χ4n) is 2.82. The van der Waals surface area contributed by atoms with Crippen LogP contribution in [0, 0.1) is 13.8 Å². The molecule has 0 saturated heterocycles. The minimum Gasteiger partial charge on any atom is -0.497 e. The molecule has 0 aliphatic carbocycles. The fraction of sp³-hybridized carbons (Fsp3) is 0.368. The number of methoxy groups -OCH3 is 1. The third-order valence-corrected chi connectivity index (χ3v) is 4.13. The summed E-state index contributed by atoms with van der Waals surface area (Å²) >= 11 is 0. The molecule has 0 bridgehead atoms. The van der Waals surface area contributed by atoms with Crippen molar-refractivity contribution in [1.82, 2.24) is 4.57 Å². The maximum absolute atomic E-state index is 12.6. The molecule has 1 aromatic heterocycles. The van der Waals surface area contributed by atoms with Crippen LogP contribution in [0.25, 0.3) is 0 Å². The first kappa shape index (κ1) is 18.6. The van der Waals surface area contributed by atoms with Crippen molar-refractivity contribution in [1.29, 1.82) is 0 Å². The normalized spacial score (nSPS) is 10.6. The first-order valence-electron chi connectivity index (χ1n) is 8.19. The second kappa shape index (κ2) is 7.88. The van der Waals surface area contributed by atoms with Crippen molar-refractivity contribution in [2.45, 2.75) is 33.7 Å². The monoisotopic (exact) mass is 344 g/mol. The lowest BCUT2D eigenvalue weighted by Gasteiger charge is -2.11. The van der Waals surface area contributed by atoms with Crippen LogP contribution in [0.3, 0.4) is 0 Å². The summed E-state index contributed by atoms with van der Waals surface area (Å²) in [5.74, 6) is -0.00365. The van der Waals surface area contributed by atoms with E-state index in [1.807, 2.05) is 19.9 Å². The second-order valence-electron chi connectivity index (χ2n) is 5.87. The van der Waals surface area contributed by atoms with E-state index in [1.165, 1.54) is 13.2 Å². The lowest BCUT2D eigenvalue weighted by molar-refractivity contribution is 0.0911. The van der Waals surface area contributed by atoms with Gasteiger partial charge in [-0.3, -0.25) is 9.59 Å². The Morgan fingerprint density at radius 2 is 1.88 bits per heavy atom. The van der Waals surface area contributed by atoms with E-state index in [1.54, 1.807) is 12.1 Å². The number of aromatic nitrogens is 1. The number of benzene rings is 1. The Balaban J connectivity index is 2.20. The number of nitrogens with two attached hydrogens (primary N) is 1. The zero-order valence-electron chi connectivity index (χ0n) is 15.1. The van der Waals surface area contributed by atoms with E-state index in [9.17, 15) is 9.59 Å². The molecule has 0 fully saturated rings. The minimum atomic E-state index is -0.619. The van der Waals surface area contributed by atoms with Crippen LogP contribution in [0.2, 0.25) is 0 Å². The predicted octanol–water partition coefficient (Wildman–Crippen LogP) is 2.88. The summed E-state index contributed by atoms with van der Waals surface area (Å²) < 4.78 is 12.8. The molecule has 1 heterocycles. The van der Waals surface area contributed by atoms with Gasteiger partial charge in [-0.15, -0.1) is 0 Å². The highest BCUT2D eigenvalue weighted by Crippen LogP contribution is 2.25. The summed E-state index contributed by atoms with van der Waals surface area (Å²) in [5, 5.41) is 0. The molecule has 0 aliphatic heterocycles. The van der Waals surface area contributed by atoms with Crippen molar-refractivity contribution in [3.8, 4) is 11.5 Å². The van der Waals surface area contributed by atoms with E-state index < -0.39 is 5.91 Å². The van der Waals surface area contributed by atoms with Crippen molar-refractivity contribution in [3.63, 3.8) is 0 Å². The number of nitrogens with zero attached hydrogens (tertiary/aromatic N) is 1. The average Bonchev–Trinajstić information content (AvgIpc) is 2.87. The van der Waals surface area contributed by atoms with E-state index in [0.29, 0.717) is 11.3 Å². The number of ether oxygens (including phenoxy) is 2. The van der Waals surface area contributed by atoms with Crippen LogP contribution in [0.4, 0.5) is 0 Å². The summed E-state index contributed by atoms with van der Waals surface area (Å²) in [7, 11) is 1.51. The van der Waals surface area contributed by atoms with E-state index in [0.717, 1.165) is 24.4 Å². The van der Waals surface area contributed by atoms with Crippen molar-refractivity contribution < 1.29 is 19.1 Å². The summed E-state index contributed by atoms with van der Waals surface area (Å²) in [5.41, 5.74) is 8.17. The number of carbonyl (C=O) groups is 2. The molecule has 25 heavy (non-hydrogen) atoms. The highest BCUT2D eigenvalue weighted by Gasteiger charge is 2.18. The highest BCUT2D eigenvalue weighted by molar-refractivity contribution is 5.99. The molecule has 0 aliphatic rings. The van der Waals surface area contributed by atoms with Crippen LogP contribution in [-0.4, -0.2) is 30.0 Å². The molecule has 0 spiro atoms. The largest absolute Gasteiger partial charge is 0.497 e. The van der Waals surface area contributed by atoms with Gasteiger partial charge < -0.3 is 19.8 Å². The Hall–Kier alpha value is -2.76. The smallest absolute Gasteiger partial charge is 0.252 e. The van der Waals surface area contributed by atoms with Crippen molar-refractivity contribution in [2.24, 2.45) is 5.73 Å². The van der Waals surface area contributed by atoms with Crippen molar-refractivity contribution in [3.05, 3.63) is 46.8 Å². The zero-order valence-corrected chi connectivity index (χ0v) is 15.1. The summed E-state index contributed by atoms with van der Waals surface area (Å²) in [6, 6.07) is 6.56. The van der Waals surface area contributed by atoms with Gasteiger partial charge in [0.2, 0.25) is 5.78 Å². The Kier molecular flexibility index (Phi) is 5.85. The standard InChI is InChI=1S/C19H24N2O4/c1-5-8-21-12(2)9-16(13(21)3)17(22)11-25-18-10-14(24-4)6-7-15(18)19(20)23/h6-7,9-10H,5,8,11H2,1-4H3,(H2,20,23). The van der Waals surface area contributed by atoms with Crippen LogP contribution in [0.5, 0.6) is 11.5 Å². The SMILES string of the molecule is CCCn1c(C)cc(C(=O)COc2cc(OC)ccc2C(N)=O)c1C. The molecule has 0 atom stereocenters. The number of hydrogen-bond donors (Lipinski definition) is 1. The molecular formula is C19H24N2O4. The molecule has 2 rings (SSSR count). The topological polar surface area (TPSA) is 83.6 Å². The van der Waals surface area contributed by atoms with Gasteiger partial charge in [0.1, 0.15) is 11.5 Å². The average molecular weight is 344 g/mol. The fourth-order valence-corrected chi connectivity index (χ4v) is 2.82. The zero-order chi connectivity index (χ0) is 18.6. The third-order valence-electron chi connectivity index (χ3n) is 4.13. The van der Waals surface area contributed by atoms with Gasteiger partial charge >= 0.3 is 0 Å². The number of aryl methyl sites for hydroxylation is 1. The lowest BCUT2D eigenvalue weighted by atomic mass is 10.1. The van der Waals surface area contributed by atoms with Gasteiger partial charge in [0, 0.05) is 29.6 Å². The van der Waals surface area contributed by atoms with Crippen LogP contribution < -0.4 is 15.2 Å². The van der Waals surface area contributed by atoms with E-state index in [-0.39, 0.29) is 23.7 Å². The first-order chi connectivity index (χ1) is 11.9. The quantitative estimate of drug-likeness (QED) is 0.746. The van der Waals surface area contributed by atoms with Gasteiger partial charge in [-0.2, -0.15) is 0 Å². The molecule has 1 aromatic carbocycles. The lowest BCUT2D eigenvalue weighted by Crippen LogP contribution is -2.17. The minimum absolute atomic E-state index is 0.145. The van der Waals surface area contributed by atoms with Crippen LogP contribution in [-0.2, 0) is 6.54 Å². The van der Waals surface area contributed by atoms with Gasteiger partial charge in [-0.05, 0) is 38.5 Å². The van der Waals surface area contributed by atoms with Gasteiger partial charge in [0.25, 0.3) is 5.91 Å². The molecule has 6 nitrogen and oxygen atoms in total. The molecule has 0 unspecified atom stereocenters. The highest BCUT2D eigenvalue weighted by atomic mass is 16.5. The first-order valence-corrected chi connectivity index (χ1v) is 8.19. The number of carbonyl (C=O) groups excluding carboxylic acids is 2. The molecule has 134 valence electrons. The Labute approximate surface area is 147 Å². The maximum atomic E-state index is 12.6. The number of hydrogen-bond acceptors (Lipinski definition) is 4. The van der Waals surface area contributed by atoms with Gasteiger partial charge in [-0.1, -0.05) is 6.92 Å².